The molecule has 1 saturated heterocycles. The van der Waals surface area contributed by atoms with Gasteiger partial charge in [0.15, 0.2) is 0 Å². The van der Waals surface area contributed by atoms with Crippen LogP contribution in [0, 0.1) is 5.41 Å². The Kier molecular flexibility index (Phi) is 3.88. The van der Waals surface area contributed by atoms with Gasteiger partial charge in [-0.05, 0) is 17.9 Å². The van der Waals surface area contributed by atoms with E-state index in [1.54, 1.807) is 13.3 Å². The Morgan fingerprint density at radius 3 is 3.00 bits per heavy atom. The molecule has 100 valence electrons. The number of rotatable bonds is 3. The minimum absolute atomic E-state index is 0.174. The van der Waals surface area contributed by atoms with Crippen molar-refractivity contribution in [1.29, 1.82) is 0 Å². The third kappa shape index (κ3) is 2.82. The van der Waals surface area contributed by atoms with Crippen molar-refractivity contribution in [1.82, 2.24) is 9.88 Å². The molecule has 0 aromatic carbocycles. The van der Waals surface area contributed by atoms with Crippen LogP contribution in [0.1, 0.15) is 25.8 Å². The van der Waals surface area contributed by atoms with Gasteiger partial charge in [0.25, 0.3) is 0 Å². The van der Waals surface area contributed by atoms with Crippen molar-refractivity contribution < 1.29 is 4.74 Å². The van der Waals surface area contributed by atoms with Gasteiger partial charge in [0.2, 0.25) is 5.88 Å². The third-order valence-electron chi connectivity index (χ3n) is 3.83. The van der Waals surface area contributed by atoms with Crippen molar-refractivity contribution in [2.75, 3.05) is 20.2 Å². The van der Waals surface area contributed by atoms with E-state index in [0.717, 1.165) is 37.5 Å². The Bertz CT molecular complexity index is 406. The van der Waals surface area contributed by atoms with E-state index in [1.807, 2.05) is 6.07 Å². The van der Waals surface area contributed by atoms with Gasteiger partial charge in [-0.1, -0.05) is 19.9 Å². The summed E-state index contributed by atoms with van der Waals surface area (Å²) in [6.45, 7) is 7.43. The van der Waals surface area contributed by atoms with E-state index < -0.39 is 0 Å². The highest BCUT2D eigenvalue weighted by Gasteiger charge is 2.33. The smallest absolute Gasteiger partial charge is 0.217 e. The maximum absolute atomic E-state index is 6.16. The highest BCUT2D eigenvalue weighted by atomic mass is 16.5. The maximum Gasteiger partial charge on any atom is 0.217 e. The lowest BCUT2D eigenvalue weighted by Crippen LogP contribution is -2.52. The quantitative estimate of drug-likeness (QED) is 0.885. The second kappa shape index (κ2) is 5.24. The topological polar surface area (TPSA) is 51.4 Å². The van der Waals surface area contributed by atoms with Crippen LogP contribution in [-0.4, -0.2) is 36.1 Å². The molecule has 0 saturated carbocycles. The molecular weight excluding hydrogens is 226 g/mol. The number of hydrogen-bond acceptors (Lipinski definition) is 4. The van der Waals surface area contributed by atoms with Crippen LogP contribution < -0.4 is 10.5 Å². The molecule has 2 rings (SSSR count). The second-order valence-electron chi connectivity index (χ2n) is 5.77. The lowest BCUT2D eigenvalue weighted by Gasteiger charge is -2.42. The van der Waals surface area contributed by atoms with E-state index in [4.69, 9.17) is 10.5 Å². The Morgan fingerprint density at radius 2 is 2.33 bits per heavy atom. The fraction of sp³-hybridized carbons (Fsp3) is 0.643. The SMILES string of the molecule is COc1ncccc1CN1CCC(N)C(C)(C)C1. The zero-order valence-electron chi connectivity index (χ0n) is 11.5. The molecule has 1 aromatic rings. The van der Waals surface area contributed by atoms with Crippen LogP contribution in [0.2, 0.25) is 0 Å². The van der Waals surface area contributed by atoms with Crippen LogP contribution in [0.15, 0.2) is 18.3 Å². The molecule has 1 unspecified atom stereocenters. The minimum Gasteiger partial charge on any atom is -0.481 e. The van der Waals surface area contributed by atoms with Crippen molar-refractivity contribution in [3.8, 4) is 5.88 Å². The van der Waals surface area contributed by atoms with Crippen molar-refractivity contribution in [3.63, 3.8) is 0 Å². The van der Waals surface area contributed by atoms with Crippen molar-refractivity contribution in [3.05, 3.63) is 23.9 Å². The molecule has 2 N–H and O–H groups in total. The maximum atomic E-state index is 6.16. The van der Waals surface area contributed by atoms with E-state index in [9.17, 15) is 0 Å². The Balaban J connectivity index is 2.06. The average Bonchev–Trinajstić information content (AvgIpc) is 2.34. The fourth-order valence-electron chi connectivity index (χ4n) is 2.59. The van der Waals surface area contributed by atoms with Crippen LogP contribution in [0.4, 0.5) is 0 Å². The Hall–Kier alpha value is -1.13. The molecule has 18 heavy (non-hydrogen) atoms. The Morgan fingerprint density at radius 1 is 1.56 bits per heavy atom. The van der Waals surface area contributed by atoms with Gasteiger partial charge in [-0.3, -0.25) is 4.90 Å². The van der Waals surface area contributed by atoms with Gasteiger partial charge < -0.3 is 10.5 Å². The van der Waals surface area contributed by atoms with Crippen molar-refractivity contribution in [2.45, 2.75) is 32.9 Å². The molecule has 1 aliphatic heterocycles. The summed E-state index contributed by atoms with van der Waals surface area (Å²) in [5, 5.41) is 0. The van der Waals surface area contributed by atoms with Gasteiger partial charge in [-0.15, -0.1) is 0 Å². The van der Waals surface area contributed by atoms with Gasteiger partial charge in [0.1, 0.15) is 0 Å². The lowest BCUT2D eigenvalue weighted by atomic mass is 9.79. The first-order valence-corrected chi connectivity index (χ1v) is 6.49. The van der Waals surface area contributed by atoms with Gasteiger partial charge in [-0.25, -0.2) is 4.98 Å². The molecule has 0 spiro atoms. The summed E-state index contributed by atoms with van der Waals surface area (Å²) in [4.78, 5) is 6.67. The number of nitrogens with zero attached hydrogens (tertiary/aromatic N) is 2. The summed E-state index contributed by atoms with van der Waals surface area (Å²) < 4.78 is 5.30. The molecule has 4 heteroatoms. The Labute approximate surface area is 109 Å². The zero-order chi connectivity index (χ0) is 13.2. The van der Waals surface area contributed by atoms with E-state index >= 15 is 0 Å². The zero-order valence-corrected chi connectivity index (χ0v) is 11.5. The average molecular weight is 249 g/mol. The number of hydrogen-bond donors (Lipinski definition) is 1. The summed E-state index contributed by atoms with van der Waals surface area (Å²) in [6, 6.07) is 4.33. The van der Waals surface area contributed by atoms with Gasteiger partial charge in [-0.2, -0.15) is 0 Å². The summed E-state index contributed by atoms with van der Waals surface area (Å²) in [7, 11) is 1.67. The highest BCUT2D eigenvalue weighted by Crippen LogP contribution is 2.29. The number of methoxy groups -OCH3 is 1. The normalized spacial score (nSPS) is 23.9. The molecule has 0 amide bonds. The van der Waals surface area contributed by atoms with Crippen LogP contribution in [0.25, 0.3) is 0 Å². The molecule has 1 fully saturated rings. The third-order valence-corrected chi connectivity index (χ3v) is 3.83. The predicted molar refractivity (Wildman–Crippen MR) is 72.4 cm³/mol. The van der Waals surface area contributed by atoms with E-state index in [-0.39, 0.29) is 5.41 Å². The second-order valence-corrected chi connectivity index (χ2v) is 5.77. The van der Waals surface area contributed by atoms with Crippen molar-refractivity contribution in [2.24, 2.45) is 11.1 Å². The first-order chi connectivity index (χ1) is 8.53. The molecule has 0 radical (unpaired) electrons. The molecule has 1 atom stereocenters. The molecule has 0 aliphatic carbocycles. The minimum atomic E-state index is 0.174. The number of ether oxygens (including phenoxy) is 1. The van der Waals surface area contributed by atoms with E-state index in [2.05, 4.69) is 29.8 Å². The van der Waals surface area contributed by atoms with Gasteiger partial charge >= 0.3 is 0 Å². The van der Waals surface area contributed by atoms with E-state index in [0.29, 0.717) is 6.04 Å². The molecule has 2 heterocycles. The van der Waals surface area contributed by atoms with Crippen LogP contribution in [-0.2, 0) is 6.54 Å². The standard InChI is InChI=1S/C14H23N3O/c1-14(2)10-17(8-6-12(14)15)9-11-5-4-7-16-13(11)18-3/h4-5,7,12H,6,8-10,15H2,1-3H3. The van der Waals surface area contributed by atoms with E-state index in [1.165, 1.54) is 0 Å². The summed E-state index contributed by atoms with van der Waals surface area (Å²) in [6.07, 6.45) is 2.81. The number of likely N-dealkylation sites (tertiary alicyclic amines) is 1. The largest absolute Gasteiger partial charge is 0.481 e. The summed E-state index contributed by atoms with van der Waals surface area (Å²) in [5.41, 5.74) is 7.48. The van der Waals surface area contributed by atoms with Gasteiger partial charge in [0, 0.05) is 37.4 Å². The first-order valence-electron chi connectivity index (χ1n) is 6.49. The molecule has 1 aromatic heterocycles. The lowest BCUT2D eigenvalue weighted by molar-refractivity contribution is 0.0890. The first kappa shape index (κ1) is 13.3. The summed E-state index contributed by atoms with van der Waals surface area (Å²) >= 11 is 0. The molecule has 4 nitrogen and oxygen atoms in total. The number of piperidine rings is 1. The summed E-state index contributed by atoms with van der Waals surface area (Å²) in [5.74, 6) is 0.727. The van der Waals surface area contributed by atoms with Crippen molar-refractivity contribution >= 4 is 0 Å². The number of aromatic nitrogens is 1. The monoisotopic (exact) mass is 249 g/mol. The number of nitrogens with two attached hydrogens (primary N) is 1. The fourth-order valence-corrected chi connectivity index (χ4v) is 2.59. The van der Waals surface area contributed by atoms with Crippen LogP contribution >= 0.6 is 0 Å². The number of pyridine rings is 1. The van der Waals surface area contributed by atoms with Crippen LogP contribution in [0.5, 0.6) is 5.88 Å². The highest BCUT2D eigenvalue weighted by molar-refractivity contribution is 5.25. The predicted octanol–water partition coefficient (Wildman–Crippen LogP) is 1.65. The molecule has 1 aliphatic rings. The molecule has 0 bridgehead atoms. The molecular formula is C14H23N3O. The van der Waals surface area contributed by atoms with Crippen LogP contribution in [0.3, 0.4) is 0 Å². The van der Waals surface area contributed by atoms with Gasteiger partial charge in [0.05, 0.1) is 7.11 Å².